The van der Waals surface area contributed by atoms with Crippen LogP contribution in [0.25, 0.3) is 0 Å². The molecule has 0 aliphatic carbocycles. The fourth-order valence-corrected chi connectivity index (χ4v) is 3.30. The molecule has 0 aliphatic heterocycles. The van der Waals surface area contributed by atoms with Crippen LogP contribution in [0.5, 0.6) is 5.75 Å². The smallest absolute Gasteiger partial charge is 0.275 e. The van der Waals surface area contributed by atoms with Crippen LogP contribution in [0.3, 0.4) is 0 Å². The maximum Gasteiger partial charge on any atom is 0.275 e. The van der Waals surface area contributed by atoms with Gasteiger partial charge in [0.2, 0.25) is 5.91 Å². The summed E-state index contributed by atoms with van der Waals surface area (Å²) in [6.07, 6.45) is 0. The molecule has 0 bridgehead atoms. The molecule has 0 saturated carbocycles. The third-order valence-corrected chi connectivity index (χ3v) is 4.57. The number of halogens is 1. The Hall–Kier alpha value is -3.10. The highest BCUT2D eigenvalue weighted by Gasteiger charge is 2.14. The molecule has 9 heteroatoms. The van der Waals surface area contributed by atoms with E-state index in [1.807, 2.05) is 12.1 Å². The number of nitrogens with zero attached hydrogens (tertiary/aromatic N) is 1. The lowest BCUT2D eigenvalue weighted by atomic mass is 10.2. The van der Waals surface area contributed by atoms with E-state index in [0.29, 0.717) is 27.3 Å². The van der Waals surface area contributed by atoms with Crippen molar-refractivity contribution in [1.29, 1.82) is 0 Å². The highest BCUT2D eigenvalue weighted by molar-refractivity contribution is 7.14. The third-order valence-electron chi connectivity index (χ3n) is 3.58. The fourth-order valence-electron chi connectivity index (χ4n) is 2.40. The Morgan fingerprint density at radius 1 is 1.11 bits per heavy atom. The van der Waals surface area contributed by atoms with E-state index in [-0.39, 0.29) is 11.6 Å². The van der Waals surface area contributed by atoms with Gasteiger partial charge in [0.25, 0.3) is 5.91 Å². The van der Waals surface area contributed by atoms with Crippen molar-refractivity contribution in [3.63, 3.8) is 0 Å². The van der Waals surface area contributed by atoms with Crippen molar-refractivity contribution < 1.29 is 14.3 Å². The van der Waals surface area contributed by atoms with Crippen LogP contribution >= 0.6 is 22.9 Å². The molecular formula is C19H17ClN4O3S. The number of methoxy groups -OCH3 is 1. The highest BCUT2D eigenvalue weighted by Crippen LogP contribution is 2.29. The van der Waals surface area contributed by atoms with Gasteiger partial charge in [-0.3, -0.25) is 9.59 Å². The van der Waals surface area contributed by atoms with Gasteiger partial charge in [0.05, 0.1) is 12.8 Å². The van der Waals surface area contributed by atoms with Crippen molar-refractivity contribution in [2.45, 2.75) is 6.92 Å². The maximum atomic E-state index is 12.6. The van der Waals surface area contributed by atoms with E-state index in [4.69, 9.17) is 16.3 Å². The molecule has 0 aliphatic rings. The number of hydrogen-bond donors (Lipinski definition) is 3. The number of rotatable bonds is 6. The number of anilines is 4. The van der Waals surface area contributed by atoms with E-state index >= 15 is 0 Å². The number of amides is 2. The van der Waals surface area contributed by atoms with Gasteiger partial charge in [0.15, 0.2) is 5.13 Å². The second-order valence-corrected chi connectivity index (χ2v) is 7.02. The lowest BCUT2D eigenvalue weighted by Gasteiger charge is -2.11. The number of nitrogens with one attached hydrogen (secondary N) is 3. The van der Waals surface area contributed by atoms with Crippen LogP contribution in [-0.2, 0) is 4.79 Å². The SMILES string of the molecule is COc1ccc(NC(C)=O)cc1NC(=O)c1csc(Nc2cccc(Cl)c2)n1. The van der Waals surface area contributed by atoms with E-state index in [1.165, 1.54) is 25.4 Å². The summed E-state index contributed by atoms with van der Waals surface area (Å²) in [5, 5.41) is 11.3. The monoisotopic (exact) mass is 416 g/mol. The van der Waals surface area contributed by atoms with Gasteiger partial charge >= 0.3 is 0 Å². The summed E-state index contributed by atoms with van der Waals surface area (Å²) in [5.41, 5.74) is 2.00. The minimum Gasteiger partial charge on any atom is -0.495 e. The molecule has 0 atom stereocenters. The number of benzene rings is 2. The first-order valence-corrected chi connectivity index (χ1v) is 9.45. The molecule has 0 unspecified atom stereocenters. The van der Waals surface area contributed by atoms with E-state index in [1.54, 1.807) is 35.7 Å². The summed E-state index contributed by atoms with van der Waals surface area (Å²) in [4.78, 5) is 28.1. The van der Waals surface area contributed by atoms with Gasteiger partial charge in [-0.2, -0.15) is 0 Å². The van der Waals surface area contributed by atoms with Crippen molar-refractivity contribution in [1.82, 2.24) is 4.98 Å². The molecule has 1 heterocycles. The van der Waals surface area contributed by atoms with Crippen molar-refractivity contribution in [3.05, 3.63) is 58.6 Å². The predicted molar refractivity (Wildman–Crippen MR) is 112 cm³/mol. The summed E-state index contributed by atoms with van der Waals surface area (Å²) >= 11 is 7.27. The summed E-state index contributed by atoms with van der Waals surface area (Å²) < 4.78 is 5.27. The number of aromatic nitrogens is 1. The molecule has 3 N–H and O–H groups in total. The van der Waals surface area contributed by atoms with Gasteiger partial charge in [-0.1, -0.05) is 17.7 Å². The highest BCUT2D eigenvalue weighted by atomic mass is 35.5. The lowest BCUT2D eigenvalue weighted by Crippen LogP contribution is -2.14. The molecule has 0 radical (unpaired) electrons. The van der Waals surface area contributed by atoms with Gasteiger partial charge in [-0.25, -0.2) is 4.98 Å². The molecule has 1 aromatic heterocycles. The number of carbonyl (C=O) groups excluding carboxylic acids is 2. The Bertz CT molecular complexity index is 1020. The van der Waals surface area contributed by atoms with Gasteiger partial charge in [0, 0.05) is 28.7 Å². The molecule has 3 rings (SSSR count). The summed E-state index contributed by atoms with van der Waals surface area (Å²) in [5.74, 6) is -0.137. The van der Waals surface area contributed by atoms with Crippen LogP contribution in [0, 0.1) is 0 Å². The standard InChI is InChI=1S/C19H17ClN4O3S/c1-11(25)21-14-6-7-17(27-2)15(9-14)23-18(26)16-10-28-19(24-16)22-13-5-3-4-12(20)8-13/h3-10H,1-2H3,(H,21,25)(H,22,24)(H,23,26). The first kappa shape index (κ1) is 19.7. The fraction of sp³-hybridized carbons (Fsp3) is 0.105. The Morgan fingerprint density at radius 2 is 1.93 bits per heavy atom. The summed E-state index contributed by atoms with van der Waals surface area (Å²) in [6.45, 7) is 1.41. The molecule has 3 aromatic rings. The number of carbonyl (C=O) groups is 2. The molecule has 0 saturated heterocycles. The minimum atomic E-state index is -0.395. The van der Waals surface area contributed by atoms with Crippen LogP contribution in [0.4, 0.5) is 22.2 Å². The molecule has 0 spiro atoms. The van der Waals surface area contributed by atoms with Gasteiger partial charge < -0.3 is 20.7 Å². The second kappa shape index (κ2) is 8.73. The van der Waals surface area contributed by atoms with Crippen molar-refractivity contribution >= 4 is 56.9 Å². The topological polar surface area (TPSA) is 92.4 Å². The van der Waals surface area contributed by atoms with E-state index in [0.717, 1.165) is 5.69 Å². The molecule has 7 nitrogen and oxygen atoms in total. The van der Waals surface area contributed by atoms with Crippen molar-refractivity contribution in [3.8, 4) is 5.75 Å². The molecule has 2 aromatic carbocycles. The van der Waals surface area contributed by atoms with Crippen LogP contribution in [0.1, 0.15) is 17.4 Å². The molecule has 0 fully saturated rings. The third kappa shape index (κ3) is 4.99. The van der Waals surface area contributed by atoms with Gasteiger partial charge in [-0.05, 0) is 36.4 Å². The van der Waals surface area contributed by atoms with E-state index < -0.39 is 5.91 Å². The first-order valence-electron chi connectivity index (χ1n) is 8.19. The summed E-state index contributed by atoms with van der Waals surface area (Å²) in [7, 11) is 1.50. The maximum absolute atomic E-state index is 12.6. The van der Waals surface area contributed by atoms with Gasteiger partial charge in [0.1, 0.15) is 11.4 Å². The normalized spacial score (nSPS) is 10.2. The summed E-state index contributed by atoms with van der Waals surface area (Å²) in [6, 6.07) is 12.2. The Balaban J connectivity index is 1.74. The van der Waals surface area contributed by atoms with Crippen LogP contribution in [0.15, 0.2) is 47.8 Å². The van der Waals surface area contributed by atoms with E-state index in [9.17, 15) is 9.59 Å². The van der Waals surface area contributed by atoms with Gasteiger partial charge in [-0.15, -0.1) is 11.3 Å². The minimum absolute atomic E-state index is 0.210. The van der Waals surface area contributed by atoms with Crippen molar-refractivity contribution in [2.75, 3.05) is 23.1 Å². The van der Waals surface area contributed by atoms with Crippen LogP contribution < -0.4 is 20.7 Å². The average molecular weight is 417 g/mol. The lowest BCUT2D eigenvalue weighted by molar-refractivity contribution is -0.114. The zero-order valence-corrected chi connectivity index (χ0v) is 16.6. The zero-order valence-electron chi connectivity index (χ0n) is 15.1. The quantitative estimate of drug-likeness (QED) is 0.538. The first-order chi connectivity index (χ1) is 13.4. The number of hydrogen-bond acceptors (Lipinski definition) is 6. The Kier molecular flexibility index (Phi) is 6.13. The second-order valence-electron chi connectivity index (χ2n) is 5.72. The Morgan fingerprint density at radius 3 is 2.64 bits per heavy atom. The van der Waals surface area contributed by atoms with Crippen LogP contribution in [-0.4, -0.2) is 23.9 Å². The van der Waals surface area contributed by atoms with Crippen molar-refractivity contribution in [2.24, 2.45) is 0 Å². The molecule has 28 heavy (non-hydrogen) atoms. The molecule has 2 amide bonds. The largest absolute Gasteiger partial charge is 0.495 e. The van der Waals surface area contributed by atoms with E-state index in [2.05, 4.69) is 20.9 Å². The predicted octanol–water partition coefficient (Wildman–Crippen LogP) is 4.76. The number of thiazole rings is 1. The zero-order chi connectivity index (χ0) is 20.1. The molecular weight excluding hydrogens is 400 g/mol. The van der Waals surface area contributed by atoms with Crippen LogP contribution in [0.2, 0.25) is 5.02 Å². The number of ether oxygens (including phenoxy) is 1. The molecule has 144 valence electrons. The average Bonchev–Trinajstić information content (AvgIpc) is 3.10. The Labute approximate surface area is 170 Å².